The summed E-state index contributed by atoms with van der Waals surface area (Å²) in [4.78, 5) is 2.40. The normalized spacial score (nSPS) is 34.3. The fourth-order valence-corrected chi connectivity index (χ4v) is 3.87. The van der Waals surface area contributed by atoms with Crippen molar-refractivity contribution in [2.75, 3.05) is 20.6 Å². The average molecular weight is 325 g/mol. The lowest BCUT2D eigenvalue weighted by molar-refractivity contribution is 0.0416. The monoisotopic (exact) mass is 324 g/mol. The van der Waals surface area contributed by atoms with Crippen LogP contribution in [0.25, 0.3) is 0 Å². The van der Waals surface area contributed by atoms with Gasteiger partial charge in [0.1, 0.15) is 11.4 Å². The van der Waals surface area contributed by atoms with Crippen molar-refractivity contribution in [1.82, 2.24) is 10.2 Å². The number of nitrogens with one attached hydrogen (secondary N) is 1. The molecule has 1 saturated heterocycles. The van der Waals surface area contributed by atoms with E-state index in [9.17, 15) is 0 Å². The van der Waals surface area contributed by atoms with Crippen molar-refractivity contribution in [2.45, 2.75) is 37.5 Å². The first-order valence-corrected chi connectivity index (χ1v) is 7.68. The highest BCUT2D eigenvalue weighted by Gasteiger charge is 2.47. The van der Waals surface area contributed by atoms with Crippen molar-refractivity contribution < 1.29 is 4.74 Å². The Morgan fingerprint density at radius 2 is 2.21 bits per heavy atom. The predicted molar refractivity (Wildman–Crippen MR) is 80.6 cm³/mol. The fraction of sp³-hybridized carbons (Fsp3) is 0.600. The second kappa shape index (κ2) is 4.76. The van der Waals surface area contributed by atoms with Gasteiger partial charge in [-0.15, -0.1) is 0 Å². The second-order valence-electron chi connectivity index (χ2n) is 5.98. The maximum Gasteiger partial charge on any atom is 0.125 e. The zero-order valence-electron chi connectivity index (χ0n) is 11.7. The number of hydrogen-bond acceptors (Lipinski definition) is 3. The van der Waals surface area contributed by atoms with Crippen LogP contribution in [0, 0.1) is 0 Å². The molecule has 0 amide bonds. The van der Waals surface area contributed by atoms with Crippen LogP contribution in [0.2, 0.25) is 0 Å². The van der Waals surface area contributed by atoms with Gasteiger partial charge in [-0.05, 0) is 39.2 Å². The lowest BCUT2D eigenvalue weighted by Crippen LogP contribution is -2.45. The van der Waals surface area contributed by atoms with Crippen LogP contribution in [-0.2, 0) is 0 Å². The Labute approximate surface area is 123 Å². The lowest BCUT2D eigenvalue weighted by atomic mass is 9.85. The number of nitrogens with zero attached hydrogens (tertiary/aromatic N) is 1. The largest absolute Gasteiger partial charge is 0.485 e. The van der Waals surface area contributed by atoms with E-state index in [-0.39, 0.29) is 5.60 Å². The summed E-state index contributed by atoms with van der Waals surface area (Å²) >= 11 is 3.55. The van der Waals surface area contributed by atoms with Crippen LogP contribution in [0.15, 0.2) is 22.7 Å². The highest BCUT2D eigenvalue weighted by molar-refractivity contribution is 9.10. The van der Waals surface area contributed by atoms with E-state index in [0.717, 1.165) is 29.6 Å². The summed E-state index contributed by atoms with van der Waals surface area (Å²) in [6.45, 7) is 3.30. The summed E-state index contributed by atoms with van der Waals surface area (Å²) in [5, 5.41) is 3.45. The summed E-state index contributed by atoms with van der Waals surface area (Å²) in [5.74, 6) is 1.04. The number of ether oxygens (including phenoxy) is 1. The zero-order valence-corrected chi connectivity index (χ0v) is 13.3. The van der Waals surface area contributed by atoms with Gasteiger partial charge in [0.25, 0.3) is 0 Å². The minimum atomic E-state index is -0.0251. The van der Waals surface area contributed by atoms with Crippen molar-refractivity contribution >= 4 is 15.9 Å². The number of hydrogen-bond donors (Lipinski definition) is 1. The molecular formula is C15H21BrN2O. The summed E-state index contributed by atoms with van der Waals surface area (Å²) in [5.41, 5.74) is 1.24. The molecule has 0 radical (unpaired) electrons. The SMILES string of the molecule is CNC1CC2(CC(C)N(C)C2)Oc2ccc(Br)cc21. The molecular weight excluding hydrogens is 304 g/mol. The van der Waals surface area contributed by atoms with Gasteiger partial charge >= 0.3 is 0 Å². The molecule has 0 bridgehead atoms. The highest BCUT2D eigenvalue weighted by Crippen LogP contribution is 2.45. The van der Waals surface area contributed by atoms with Crippen LogP contribution in [0.5, 0.6) is 5.75 Å². The zero-order chi connectivity index (χ0) is 13.6. The van der Waals surface area contributed by atoms with Crippen LogP contribution >= 0.6 is 15.9 Å². The van der Waals surface area contributed by atoms with E-state index in [2.05, 4.69) is 58.3 Å². The predicted octanol–water partition coefficient (Wildman–Crippen LogP) is 2.95. The average Bonchev–Trinajstić information content (AvgIpc) is 2.64. The van der Waals surface area contributed by atoms with Gasteiger partial charge < -0.3 is 10.1 Å². The van der Waals surface area contributed by atoms with E-state index in [1.165, 1.54) is 5.56 Å². The van der Waals surface area contributed by atoms with E-state index >= 15 is 0 Å². The quantitative estimate of drug-likeness (QED) is 0.859. The van der Waals surface area contributed by atoms with E-state index in [1.54, 1.807) is 0 Å². The smallest absolute Gasteiger partial charge is 0.125 e. The molecule has 3 atom stereocenters. The second-order valence-corrected chi connectivity index (χ2v) is 6.90. The van der Waals surface area contributed by atoms with Crippen LogP contribution in [-0.4, -0.2) is 37.2 Å². The van der Waals surface area contributed by atoms with Crippen LogP contribution < -0.4 is 10.1 Å². The molecule has 1 fully saturated rings. The Morgan fingerprint density at radius 3 is 2.84 bits per heavy atom. The van der Waals surface area contributed by atoms with Crippen molar-refractivity contribution in [1.29, 1.82) is 0 Å². The number of benzene rings is 1. The van der Waals surface area contributed by atoms with E-state index in [1.807, 2.05) is 7.05 Å². The third kappa shape index (κ3) is 2.30. The third-order valence-corrected chi connectivity index (χ3v) is 5.05. The van der Waals surface area contributed by atoms with Gasteiger partial charge in [0.05, 0.1) is 0 Å². The number of likely N-dealkylation sites (tertiary alicyclic amines) is 1. The van der Waals surface area contributed by atoms with Gasteiger partial charge in [0.15, 0.2) is 0 Å². The molecule has 104 valence electrons. The van der Waals surface area contributed by atoms with E-state index in [4.69, 9.17) is 4.74 Å². The Bertz CT molecular complexity index is 481. The maximum absolute atomic E-state index is 6.41. The fourth-order valence-electron chi connectivity index (χ4n) is 3.49. The first-order valence-electron chi connectivity index (χ1n) is 6.89. The Balaban J connectivity index is 1.96. The number of rotatable bonds is 1. The van der Waals surface area contributed by atoms with Gasteiger partial charge in [-0.2, -0.15) is 0 Å². The molecule has 2 aliphatic heterocycles. The molecule has 1 spiro atoms. The van der Waals surface area contributed by atoms with Crippen LogP contribution in [0.1, 0.15) is 31.4 Å². The van der Waals surface area contributed by atoms with Gasteiger partial charge in [-0.25, -0.2) is 0 Å². The van der Waals surface area contributed by atoms with Gasteiger partial charge in [0, 0.05) is 41.5 Å². The molecule has 1 aromatic rings. The first-order chi connectivity index (χ1) is 9.03. The third-order valence-electron chi connectivity index (χ3n) is 4.56. The van der Waals surface area contributed by atoms with E-state index in [0.29, 0.717) is 12.1 Å². The van der Waals surface area contributed by atoms with Gasteiger partial charge in [-0.1, -0.05) is 15.9 Å². The lowest BCUT2D eigenvalue weighted by Gasteiger charge is -2.40. The van der Waals surface area contributed by atoms with Gasteiger partial charge in [-0.3, -0.25) is 4.90 Å². The van der Waals surface area contributed by atoms with Crippen LogP contribution in [0.3, 0.4) is 0 Å². The topological polar surface area (TPSA) is 24.5 Å². The van der Waals surface area contributed by atoms with Crippen LogP contribution in [0.4, 0.5) is 0 Å². The number of halogens is 1. The Kier molecular flexibility index (Phi) is 3.36. The summed E-state index contributed by atoms with van der Waals surface area (Å²) < 4.78 is 7.52. The van der Waals surface area contributed by atoms with E-state index < -0.39 is 0 Å². The molecule has 3 unspecified atom stereocenters. The molecule has 2 aliphatic rings. The Morgan fingerprint density at radius 1 is 1.42 bits per heavy atom. The molecule has 2 heterocycles. The first kappa shape index (κ1) is 13.4. The Hall–Kier alpha value is -0.580. The summed E-state index contributed by atoms with van der Waals surface area (Å²) in [6.07, 6.45) is 2.15. The molecule has 4 heteroatoms. The maximum atomic E-state index is 6.41. The molecule has 1 N–H and O–H groups in total. The minimum Gasteiger partial charge on any atom is -0.485 e. The van der Waals surface area contributed by atoms with Gasteiger partial charge in [0.2, 0.25) is 0 Å². The molecule has 0 saturated carbocycles. The standard InChI is InChI=1S/C15H21BrN2O/c1-10-7-15(9-18(10)3)8-13(17-2)12-6-11(16)4-5-14(12)19-15/h4-6,10,13,17H,7-9H2,1-3H3. The summed E-state index contributed by atoms with van der Waals surface area (Å²) in [7, 11) is 4.23. The number of fused-ring (bicyclic) bond motifs is 1. The van der Waals surface area contributed by atoms with Crippen molar-refractivity contribution in [3.63, 3.8) is 0 Å². The molecule has 3 nitrogen and oxygen atoms in total. The molecule has 0 aromatic heterocycles. The molecule has 3 rings (SSSR count). The highest BCUT2D eigenvalue weighted by atomic mass is 79.9. The molecule has 1 aromatic carbocycles. The summed E-state index contributed by atoms with van der Waals surface area (Å²) in [6, 6.07) is 7.29. The molecule has 19 heavy (non-hydrogen) atoms. The minimum absolute atomic E-state index is 0.0251. The van der Waals surface area contributed by atoms with Crippen molar-refractivity contribution in [2.24, 2.45) is 0 Å². The van der Waals surface area contributed by atoms with Crippen molar-refractivity contribution in [3.8, 4) is 5.75 Å². The number of likely N-dealkylation sites (N-methyl/N-ethyl adjacent to an activating group) is 1. The molecule has 0 aliphatic carbocycles. The van der Waals surface area contributed by atoms with Crippen molar-refractivity contribution in [3.05, 3.63) is 28.2 Å².